The predicted octanol–water partition coefficient (Wildman–Crippen LogP) is -0.000600. The van der Waals surface area contributed by atoms with Gasteiger partial charge in [-0.2, -0.15) is 0 Å². The minimum absolute atomic E-state index is 0. The van der Waals surface area contributed by atoms with E-state index in [0.29, 0.717) is 38.5 Å². The summed E-state index contributed by atoms with van der Waals surface area (Å²) in [4.78, 5) is 12.3. The first-order valence-corrected chi connectivity index (χ1v) is 9.66. The van der Waals surface area contributed by atoms with Crippen LogP contribution in [0.25, 0.3) is 0 Å². The van der Waals surface area contributed by atoms with Gasteiger partial charge >= 0.3 is 0 Å². The minimum Gasteiger partial charge on any atom is -0.381 e. The number of carbonyl (C=O) groups excluding carboxylic acids is 1. The molecular formula is C14H28ClN3O4S. The van der Waals surface area contributed by atoms with Crippen molar-refractivity contribution in [2.45, 2.75) is 32.1 Å². The van der Waals surface area contributed by atoms with Crippen molar-refractivity contribution in [1.29, 1.82) is 0 Å². The summed E-state index contributed by atoms with van der Waals surface area (Å²) in [5.74, 6) is 0.224. The van der Waals surface area contributed by atoms with Gasteiger partial charge in [-0.25, -0.2) is 13.1 Å². The molecule has 0 radical (unpaired) electrons. The molecule has 1 amide bonds. The van der Waals surface area contributed by atoms with Crippen LogP contribution >= 0.6 is 12.4 Å². The van der Waals surface area contributed by atoms with Gasteiger partial charge < -0.3 is 15.8 Å². The van der Waals surface area contributed by atoms with E-state index < -0.39 is 15.4 Å². The van der Waals surface area contributed by atoms with Crippen LogP contribution in [-0.4, -0.2) is 52.9 Å². The maximum Gasteiger partial charge on any atom is 0.227 e. The fourth-order valence-corrected chi connectivity index (χ4v) is 3.79. The molecule has 0 spiro atoms. The van der Waals surface area contributed by atoms with Gasteiger partial charge in [0.1, 0.15) is 0 Å². The fraction of sp³-hybridized carbons (Fsp3) is 0.929. The number of nitrogens with two attached hydrogens (primary N) is 1. The molecule has 2 fully saturated rings. The molecule has 0 aromatic carbocycles. The van der Waals surface area contributed by atoms with E-state index in [0.717, 1.165) is 12.8 Å². The maximum atomic E-state index is 12.3. The van der Waals surface area contributed by atoms with Gasteiger partial charge in [-0.3, -0.25) is 4.79 Å². The van der Waals surface area contributed by atoms with Gasteiger partial charge in [-0.15, -0.1) is 12.4 Å². The van der Waals surface area contributed by atoms with Gasteiger partial charge in [0.05, 0.1) is 11.2 Å². The number of carbonyl (C=O) groups is 1. The normalized spacial score (nSPS) is 21.1. The highest BCUT2D eigenvalue weighted by atomic mass is 35.5. The van der Waals surface area contributed by atoms with Crippen LogP contribution in [0.3, 0.4) is 0 Å². The Kier molecular flexibility index (Phi) is 8.23. The van der Waals surface area contributed by atoms with Crippen LogP contribution in [0.15, 0.2) is 0 Å². The molecule has 0 unspecified atom stereocenters. The predicted molar refractivity (Wildman–Crippen MR) is 90.9 cm³/mol. The first-order chi connectivity index (χ1) is 10.5. The van der Waals surface area contributed by atoms with E-state index in [4.69, 9.17) is 10.5 Å². The van der Waals surface area contributed by atoms with Gasteiger partial charge in [0.15, 0.2) is 0 Å². The fourth-order valence-electron chi connectivity index (χ4n) is 2.79. The number of sulfonamides is 1. The molecule has 2 aliphatic rings. The minimum atomic E-state index is -3.33. The van der Waals surface area contributed by atoms with Gasteiger partial charge in [-0.1, -0.05) is 6.42 Å². The smallest absolute Gasteiger partial charge is 0.227 e. The molecule has 1 saturated carbocycles. The lowest BCUT2D eigenvalue weighted by Crippen LogP contribution is -2.50. The second-order valence-electron chi connectivity index (χ2n) is 6.32. The Bertz CT molecular complexity index is 476. The molecule has 9 heteroatoms. The number of rotatable bonds is 8. The number of amides is 1. The summed E-state index contributed by atoms with van der Waals surface area (Å²) in [5, 5.41) is 2.72. The highest BCUT2D eigenvalue weighted by molar-refractivity contribution is 7.89. The zero-order valence-electron chi connectivity index (χ0n) is 13.4. The molecule has 7 nitrogen and oxygen atoms in total. The molecule has 1 aliphatic carbocycles. The summed E-state index contributed by atoms with van der Waals surface area (Å²) in [5.41, 5.74) is 5.14. The Morgan fingerprint density at radius 1 is 1.26 bits per heavy atom. The lowest BCUT2D eigenvalue weighted by molar-refractivity contribution is -0.135. The first-order valence-electron chi connectivity index (χ1n) is 8.01. The molecule has 1 aliphatic heterocycles. The lowest BCUT2D eigenvalue weighted by Gasteiger charge is -2.34. The summed E-state index contributed by atoms with van der Waals surface area (Å²) in [6.07, 6.45) is 4.55. The molecule has 1 heterocycles. The van der Waals surface area contributed by atoms with E-state index in [-0.39, 0.29) is 37.2 Å². The SMILES string of the molecule is Cl.NCC1(C(=O)NCCS(=O)(=O)NCC2CCC2)CCOCC1. The van der Waals surface area contributed by atoms with Crippen LogP contribution in [0, 0.1) is 11.3 Å². The van der Waals surface area contributed by atoms with E-state index in [1.807, 2.05) is 0 Å². The number of hydrogen-bond acceptors (Lipinski definition) is 5. The third kappa shape index (κ3) is 5.86. The number of ether oxygens (including phenoxy) is 1. The van der Waals surface area contributed by atoms with Crippen molar-refractivity contribution < 1.29 is 17.9 Å². The maximum absolute atomic E-state index is 12.3. The van der Waals surface area contributed by atoms with Crippen molar-refractivity contribution in [3.05, 3.63) is 0 Å². The number of nitrogens with one attached hydrogen (secondary N) is 2. The molecule has 0 aromatic heterocycles. The molecule has 136 valence electrons. The van der Waals surface area contributed by atoms with E-state index >= 15 is 0 Å². The second-order valence-corrected chi connectivity index (χ2v) is 8.24. The monoisotopic (exact) mass is 369 g/mol. The van der Waals surface area contributed by atoms with Crippen molar-refractivity contribution in [2.75, 3.05) is 38.6 Å². The molecule has 1 saturated heterocycles. The summed E-state index contributed by atoms with van der Waals surface area (Å²) >= 11 is 0. The van der Waals surface area contributed by atoms with Gasteiger partial charge in [0, 0.05) is 32.8 Å². The van der Waals surface area contributed by atoms with Crippen molar-refractivity contribution in [1.82, 2.24) is 10.0 Å². The lowest BCUT2D eigenvalue weighted by atomic mass is 9.79. The molecular weight excluding hydrogens is 342 g/mol. The zero-order valence-corrected chi connectivity index (χ0v) is 15.0. The summed E-state index contributed by atoms with van der Waals surface area (Å²) in [6.45, 7) is 1.92. The van der Waals surface area contributed by atoms with Crippen LogP contribution in [-0.2, 0) is 19.6 Å². The summed E-state index contributed by atoms with van der Waals surface area (Å²) < 4.78 is 31.6. The third-order valence-electron chi connectivity index (χ3n) is 4.80. The number of hydrogen-bond donors (Lipinski definition) is 3. The third-order valence-corrected chi connectivity index (χ3v) is 6.14. The van der Waals surface area contributed by atoms with E-state index in [9.17, 15) is 13.2 Å². The molecule has 0 bridgehead atoms. The van der Waals surface area contributed by atoms with Crippen molar-refractivity contribution in [3.8, 4) is 0 Å². The Labute approximate surface area is 144 Å². The second kappa shape index (κ2) is 9.17. The largest absolute Gasteiger partial charge is 0.381 e. The molecule has 23 heavy (non-hydrogen) atoms. The van der Waals surface area contributed by atoms with Gasteiger partial charge in [0.2, 0.25) is 15.9 Å². The van der Waals surface area contributed by atoms with E-state index in [1.54, 1.807) is 0 Å². The van der Waals surface area contributed by atoms with Crippen LogP contribution in [0.5, 0.6) is 0 Å². The molecule has 0 atom stereocenters. The van der Waals surface area contributed by atoms with E-state index in [1.165, 1.54) is 6.42 Å². The molecule has 2 rings (SSSR count). The highest BCUT2D eigenvalue weighted by Crippen LogP contribution is 2.29. The van der Waals surface area contributed by atoms with Crippen LogP contribution in [0.1, 0.15) is 32.1 Å². The van der Waals surface area contributed by atoms with Crippen LogP contribution in [0.2, 0.25) is 0 Å². The zero-order chi connectivity index (χ0) is 16.1. The molecule has 4 N–H and O–H groups in total. The van der Waals surface area contributed by atoms with Crippen LogP contribution < -0.4 is 15.8 Å². The molecule has 0 aromatic rings. The Morgan fingerprint density at radius 2 is 1.91 bits per heavy atom. The first kappa shape index (κ1) is 20.6. The Hall–Kier alpha value is -0.410. The van der Waals surface area contributed by atoms with Crippen molar-refractivity contribution in [3.63, 3.8) is 0 Å². The standard InChI is InChI=1S/C14H27N3O4S.ClH/c15-11-14(4-7-21-8-5-14)13(18)16-6-9-22(19,20)17-10-12-2-1-3-12;/h12,17H,1-11,15H2,(H,16,18);1H. The number of halogens is 1. The van der Waals surface area contributed by atoms with Crippen molar-refractivity contribution in [2.24, 2.45) is 17.1 Å². The summed E-state index contributed by atoms with van der Waals surface area (Å²) in [6, 6.07) is 0. The van der Waals surface area contributed by atoms with E-state index in [2.05, 4.69) is 10.0 Å². The Morgan fingerprint density at radius 3 is 2.43 bits per heavy atom. The average Bonchev–Trinajstić information content (AvgIpc) is 2.45. The van der Waals surface area contributed by atoms with Crippen molar-refractivity contribution >= 4 is 28.3 Å². The topological polar surface area (TPSA) is 111 Å². The quantitative estimate of drug-likeness (QED) is 0.557. The summed E-state index contributed by atoms with van der Waals surface area (Å²) in [7, 11) is -3.33. The van der Waals surface area contributed by atoms with Crippen LogP contribution in [0.4, 0.5) is 0 Å². The highest BCUT2D eigenvalue weighted by Gasteiger charge is 2.38. The van der Waals surface area contributed by atoms with Gasteiger partial charge in [-0.05, 0) is 31.6 Å². The Balaban J connectivity index is 0.00000264. The van der Waals surface area contributed by atoms with Gasteiger partial charge in [0.25, 0.3) is 0 Å². The average molecular weight is 370 g/mol.